The predicted octanol–water partition coefficient (Wildman–Crippen LogP) is 3.24. The third-order valence-electron chi connectivity index (χ3n) is 3.49. The van der Waals surface area contributed by atoms with E-state index in [4.69, 9.17) is 0 Å². The van der Waals surface area contributed by atoms with E-state index in [0.717, 1.165) is 10.4 Å². The maximum absolute atomic E-state index is 12.9. The summed E-state index contributed by atoms with van der Waals surface area (Å²) in [4.78, 5) is 16.6. The van der Waals surface area contributed by atoms with Gasteiger partial charge in [-0.2, -0.15) is 0 Å². The Morgan fingerprint density at radius 3 is 2.67 bits per heavy atom. The Morgan fingerprint density at radius 2 is 1.92 bits per heavy atom. The van der Waals surface area contributed by atoms with Gasteiger partial charge >= 0.3 is 0 Å². The smallest absolute Gasteiger partial charge is 0.285 e. The summed E-state index contributed by atoms with van der Waals surface area (Å²) >= 11 is 1.60. The van der Waals surface area contributed by atoms with Crippen molar-refractivity contribution in [2.45, 2.75) is 13.1 Å². The first-order valence-electron chi connectivity index (χ1n) is 7.52. The molecule has 4 nitrogen and oxygen atoms in total. The van der Waals surface area contributed by atoms with Crippen LogP contribution in [-0.2, 0) is 13.1 Å². The molecule has 1 aromatic carbocycles. The lowest BCUT2D eigenvalue weighted by Crippen LogP contribution is -2.26. The largest absolute Gasteiger partial charge is 0.347 e. The number of H-pyrrole nitrogens is 1. The van der Waals surface area contributed by atoms with Crippen molar-refractivity contribution in [3.63, 3.8) is 0 Å². The van der Waals surface area contributed by atoms with Crippen molar-refractivity contribution in [3.8, 4) is 0 Å². The van der Waals surface area contributed by atoms with Gasteiger partial charge < -0.3 is 5.32 Å². The minimum Gasteiger partial charge on any atom is -0.347 e. The Morgan fingerprint density at radius 1 is 1.08 bits per heavy atom. The van der Waals surface area contributed by atoms with Gasteiger partial charge in [-0.25, -0.2) is 9.37 Å². The minimum absolute atomic E-state index is 0.151. The maximum atomic E-state index is 12.9. The number of benzene rings is 1. The lowest BCUT2D eigenvalue weighted by molar-refractivity contribution is -0.361. The lowest BCUT2D eigenvalue weighted by Gasteiger charge is -2.06. The van der Waals surface area contributed by atoms with Gasteiger partial charge in [0.15, 0.2) is 0 Å². The van der Waals surface area contributed by atoms with Crippen LogP contribution in [0, 0.1) is 5.82 Å². The van der Waals surface area contributed by atoms with Gasteiger partial charge in [-0.3, -0.25) is 10.1 Å². The van der Waals surface area contributed by atoms with E-state index in [2.05, 4.69) is 15.6 Å². The average Bonchev–Trinajstić information content (AvgIpc) is 3.13. The summed E-state index contributed by atoms with van der Waals surface area (Å²) in [5.74, 6) is 0.214. The van der Waals surface area contributed by atoms with Crippen molar-refractivity contribution in [3.05, 3.63) is 81.9 Å². The highest BCUT2D eigenvalue weighted by Crippen LogP contribution is 2.12. The number of rotatable bonds is 6. The van der Waals surface area contributed by atoms with E-state index in [-0.39, 0.29) is 11.7 Å². The maximum Gasteiger partial charge on any atom is 0.285 e. The summed E-state index contributed by atoms with van der Waals surface area (Å²) < 4.78 is 12.9. The minimum atomic E-state index is -0.265. The monoisotopic (exact) mass is 342 g/mol. The number of hydrogen-bond acceptors (Lipinski definition) is 3. The van der Waals surface area contributed by atoms with Gasteiger partial charge in [0, 0.05) is 4.88 Å². The van der Waals surface area contributed by atoms with Crippen LogP contribution in [0.5, 0.6) is 0 Å². The van der Waals surface area contributed by atoms with Crippen LogP contribution < -0.4 is 15.6 Å². The van der Waals surface area contributed by atoms with Gasteiger partial charge in [-0.15, -0.1) is 11.3 Å². The van der Waals surface area contributed by atoms with E-state index in [1.165, 1.54) is 12.1 Å². The highest BCUT2D eigenvalue weighted by atomic mass is 32.1. The summed E-state index contributed by atoms with van der Waals surface area (Å²) in [6.45, 7) is 0.995. The number of aromatic nitrogens is 1. The number of nitrogens with one attached hydrogen (secondary N) is 3. The van der Waals surface area contributed by atoms with Crippen molar-refractivity contribution < 1.29 is 14.2 Å². The van der Waals surface area contributed by atoms with Crippen molar-refractivity contribution in [1.29, 1.82) is 0 Å². The molecular formula is C18H17FN3OS+. The fourth-order valence-corrected chi connectivity index (χ4v) is 2.89. The first-order valence-corrected chi connectivity index (χ1v) is 8.40. The second kappa shape index (κ2) is 7.70. The Labute approximate surface area is 143 Å². The molecule has 3 rings (SSSR count). The Balaban J connectivity index is 1.65. The molecule has 0 bridgehead atoms. The van der Waals surface area contributed by atoms with Gasteiger partial charge in [0.25, 0.3) is 11.7 Å². The molecule has 0 aliphatic rings. The average molecular weight is 342 g/mol. The van der Waals surface area contributed by atoms with E-state index in [9.17, 15) is 9.18 Å². The van der Waals surface area contributed by atoms with E-state index in [0.29, 0.717) is 24.5 Å². The molecule has 0 saturated carbocycles. The molecule has 2 heterocycles. The Kier molecular flexibility index (Phi) is 5.18. The van der Waals surface area contributed by atoms with Crippen molar-refractivity contribution >= 4 is 23.1 Å². The van der Waals surface area contributed by atoms with E-state index in [1.54, 1.807) is 41.8 Å². The number of carbonyl (C=O) groups excluding carboxylic acids is 1. The highest BCUT2D eigenvalue weighted by Gasteiger charge is 2.16. The number of pyridine rings is 1. The third kappa shape index (κ3) is 4.17. The zero-order chi connectivity index (χ0) is 16.8. The number of thiophene rings is 1. The fraction of sp³-hybridized carbons (Fsp3) is 0.111. The summed E-state index contributed by atoms with van der Waals surface area (Å²) in [6.07, 6.45) is 1.75. The summed E-state index contributed by atoms with van der Waals surface area (Å²) in [6, 6.07) is 13.7. The second-order valence-corrected chi connectivity index (χ2v) is 6.23. The molecule has 1 amide bonds. The molecule has 0 atom stereocenters. The van der Waals surface area contributed by atoms with Crippen molar-refractivity contribution in [1.82, 2.24) is 5.32 Å². The second-order valence-electron chi connectivity index (χ2n) is 5.20. The molecule has 0 aliphatic heterocycles. The number of halogens is 1. The number of aromatic amines is 1. The van der Waals surface area contributed by atoms with E-state index in [1.807, 2.05) is 17.5 Å². The van der Waals surface area contributed by atoms with Crippen molar-refractivity contribution in [2.75, 3.05) is 5.32 Å². The van der Waals surface area contributed by atoms with Crippen LogP contribution in [0.25, 0.3) is 0 Å². The van der Waals surface area contributed by atoms with Gasteiger partial charge in [0.2, 0.25) is 0 Å². The van der Waals surface area contributed by atoms with Crippen LogP contribution in [0.15, 0.2) is 60.1 Å². The molecule has 122 valence electrons. The molecule has 0 unspecified atom stereocenters. The molecule has 0 saturated heterocycles. The van der Waals surface area contributed by atoms with Crippen molar-refractivity contribution in [2.24, 2.45) is 0 Å². The van der Waals surface area contributed by atoms with Gasteiger partial charge in [0.05, 0.1) is 12.7 Å². The molecule has 0 aliphatic carbocycles. The van der Waals surface area contributed by atoms with Gasteiger partial charge in [0.1, 0.15) is 17.9 Å². The predicted molar refractivity (Wildman–Crippen MR) is 92.2 cm³/mol. The molecule has 3 aromatic rings. The van der Waals surface area contributed by atoms with Crippen LogP contribution in [0.4, 0.5) is 10.2 Å². The third-order valence-corrected chi connectivity index (χ3v) is 4.36. The number of anilines is 1. The number of amides is 1. The lowest BCUT2D eigenvalue weighted by atomic mass is 10.2. The SMILES string of the molecule is O=C(NCc1cccs1)c1ccc[nH+]c1NCc1ccc(F)cc1. The van der Waals surface area contributed by atoms with Crippen LogP contribution in [0.1, 0.15) is 20.8 Å². The number of hydrogen-bond donors (Lipinski definition) is 2. The van der Waals surface area contributed by atoms with Crippen LogP contribution in [-0.4, -0.2) is 5.91 Å². The van der Waals surface area contributed by atoms with Gasteiger partial charge in [-0.05, 0) is 41.3 Å². The first-order chi connectivity index (χ1) is 11.7. The normalized spacial score (nSPS) is 10.4. The zero-order valence-corrected chi connectivity index (χ0v) is 13.7. The standard InChI is InChI=1S/C18H16FN3OS/c19-14-7-5-13(6-8-14)11-21-17-16(4-1-9-20-17)18(23)22-12-15-3-2-10-24-15/h1-10H,11-12H2,(H,20,21)(H,22,23)/p+1. The van der Waals surface area contributed by atoms with Crippen LogP contribution in [0.3, 0.4) is 0 Å². The Hall–Kier alpha value is -2.73. The topological polar surface area (TPSA) is 55.3 Å². The van der Waals surface area contributed by atoms with Crippen LogP contribution in [0.2, 0.25) is 0 Å². The van der Waals surface area contributed by atoms with E-state index < -0.39 is 0 Å². The quantitative estimate of drug-likeness (QED) is 0.722. The molecule has 0 fully saturated rings. The fourth-order valence-electron chi connectivity index (χ4n) is 2.24. The summed E-state index contributed by atoms with van der Waals surface area (Å²) in [5.41, 5.74) is 1.47. The molecule has 0 radical (unpaired) electrons. The van der Waals surface area contributed by atoms with Gasteiger partial charge in [-0.1, -0.05) is 18.2 Å². The highest BCUT2D eigenvalue weighted by molar-refractivity contribution is 7.09. The zero-order valence-electron chi connectivity index (χ0n) is 12.9. The van der Waals surface area contributed by atoms with Crippen LogP contribution >= 0.6 is 11.3 Å². The molecule has 24 heavy (non-hydrogen) atoms. The molecule has 2 aromatic heterocycles. The molecular weight excluding hydrogens is 325 g/mol. The summed E-state index contributed by atoms with van der Waals surface area (Å²) in [7, 11) is 0. The molecule has 0 spiro atoms. The summed E-state index contributed by atoms with van der Waals surface area (Å²) in [5, 5.41) is 8.08. The Bertz CT molecular complexity index is 803. The number of carbonyl (C=O) groups is 1. The molecule has 3 N–H and O–H groups in total. The molecule has 6 heteroatoms. The van der Waals surface area contributed by atoms with E-state index >= 15 is 0 Å². The first kappa shape index (κ1) is 16.1.